The van der Waals surface area contributed by atoms with Gasteiger partial charge in [-0.3, -0.25) is 9.59 Å². The normalized spacial score (nSPS) is 16.7. The SMILES string of the molecule is O=C(NCC1CCCO1)c1c(O)c2sccc2n(Cc2ccccc2)c1=O. The lowest BCUT2D eigenvalue weighted by molar-refractivity contribution is 0.0854. The van der Waals surface area contributed by atoms with Crippen LogP contribution in [0.4, 0.5) is 0 Å². The van der Waals surface area contributed by atoms with Gasteiger partial charge in [0.15, 0.2) is 5.75 Å². The molecular weight excluding hydrogens is 364 g/mol. The lowest BCUT2D eigenvalue weighted by atomic mass is 10.1. The molecule has 2 aromatic heterocycles. The quantitative estimate of drug-likeness (QED) is 0.709. The van der Waals surface area contributed by atoms with E-state index in [1.807, 2.05) is 30.3 Å². The van der Waals surface area contributed by atoms with E-state index in [0.29, 0.717) is 29.9 Å². The zero-order valence-corrected chi connectivity index (χ0v) is 15.5. The third-order valence-electron chi connectivity index (χ3n) is 4.77. The van der Waals surface area contributed by atoms with Crippen LogP contribution in [0.5, 0.6) is 5.75 Å². The summed E-state index contributed by atoms with van der Waals surface area (Å²) >= 11 is 1.31. The lowest BCUT2D eigenvalue weighted by Gasteiger charge is -2.14. The largest absolute Gasteiger partial charge is 0.505 e. The van der Waals surface area contributed by atoms with E-state index in [1.54, 1.807) is 16.0 Å². The number of ether oxygens (including phenoxy) is 1. The summed E-state index contributed by atoms with van der Waals surface area (Å²) in [5, 5.41) is 15.1. The molecule has 1 amide bonds. The van der Waals surface area contributed by atoms with E-state index >= 15 is 0 Å². The van der Waals surface area contributed by atoms with Crippen molar-refractivity contribution < 1.29 is 14.6 Å². The number of nitrogens with zero attached hydrogens (tertiary/aromatic N) is 1. The molecule has 1 saturated heterocycles. The Labute approximate surface area is 160 Å². The molecule has 7 heteroatoms. The van der Waals surface area contributed by atoms with Crippen molar-refractivity contribution in [1.82, 2.24) is 9.88 Å². The maximum absolute atomic E-state index is 13.1. The van der Waals surface area contributed by atoms with Crippen LogP contribution in [0.1, 0.15) is 28.8 Å². The summed E-state index contributed by atoms with van der Waals surface area (Å²) < 4.78 is 7.58. The summed E-state index contributed by atoms with van der Waals surface area (Å²) in [4.78, 5) is 25.7. The van der Waals surface area contributed by atoms with E-state index in [9.17, 15) is 14.7 Å². The van der Waals surface area contributed by atoms with E-state index < -0.39 is 11.5 Å². The predicted octanol–water partition coefficient (Wildman–Crippen LogP) is 2.73. The van der Waals surface area contributed by atoms with Crippen LogP contribution >= 0.6 is 11.3 Å². The van der Waals surface area contributed by atoms with Gasteiger partial charge in [-0.25, -0.2) is 0 Å². The first kappa shape index (κ1) is 17.8. The van der Waals surface area contributed by atoms with Crippen molar-refractivity contribution in [3.05, 3.63) is 63.3 Å². The Morgan fingerprint density at radius 2 is 2.11 bits per heavy atom. The highest BCUT2D eigenvalue weighted by Gasteiger charge is 2.24. The fourth-order valence-corrected chi connectivity index (χ4v) is 4.22. The van der Waals surface area contributed by atoms with Gasteiger partial charge in [-0.2, -0.15) is 0 Å². The fourth-order valence-electron chi connectivity index (χ4n) is 3.38. The summed E-state index contributed by atoms with van der Waals surface area (Å²) in [6.07, 6.45) is 1.82. The van der Waals surface area contributed by atoms with E-state index in [1.165, 1.54) is 11.3 Å². The van der Waals surface area contributed by atoms with Crippen LogP contribution < -0.4 is 10.9 Å². The topological polar surface area (TPSA) is 80.6 Å². The Morgan fingerprint density at radius 3 is 2.85 bits per heavy atom. The van der Waals surface area contributed by atoms with Gasteiger partial charge >= 0.3 is 0 Å². The average molecular weight is 384 g/mol. The van der Waals surface area contributed by atoms with E-state index in [4.69, 9.17) is 4.74 Å². The van der Waals surface area contributed by atoms with Crippen molar-refractivity contribution in [3.8, 4) is 5.75 Å². The van der Waals surface area contributed by atoms with Crippen LogP contribution in [0.25, 0.3) is 10.2 Å². The Hall–Kier alpha value is -2.64. The molecule has 4 rings (SSSR count). The first-order valence-corrected chi connectivity index (χ1v) is 9.80. The molecule has 1 atom stereocenters. The third kappa shape index (κ3) is 3.48. The Morgan fingerprint density at radius 1 is 1.30 bits per heavy atom. The van der Waals surface area contributed by atoms with Crippen molar-refractivity contribution in [2.45, 2.75) is 25.5 Å². The number of aromatic hydroxyl groups is 1. The molecule has 6 nitrogen and oxygen atoms in total. The number of fused-ring (bicyclic) bond motifs is 1. The van der Waals surface area contributed by atoms with Crippen molar-refractivity contribution in [3.63, 3.8) is 0 Å². The van der Waals surface area contributed by atoms with Crippen LogP contribution in [-0.2, 0) is 11.3 Å². The Balaban J connectivity index is 1.71. The summed E-state index contributed by atoms with van der Waals surface area (Å²) in [6, 6.07) is 11.4. The first-order chi connectivity index (χ1) is 13.1. The monoisotopic (exact) mass is 384 g/mol. The molecule has 1 aliphatic heterocycles. The van der Waals surface area contributed by atoms with E-state index in [2.05, 4.69) is 5.32 Å². The molecule has 0 bridgehead atoms. The van der Waals surface area contributed by atoms with Crippen molar-refractivity contribution in [1.29, 1.82) is 0 Å². The Kier molecular flexibility index (Phi) is 4.96. The van der Waals surface area contributed by atoms with Gasteiger partial charge < -0.3 is 19.7 Å². The highest BCUT2D eigenvalue weighted by molar-refractivity contribution is 7.17. The molecule has 3 aromatic rings. The molecule has 27 heavy (non-hydrogen) atoms. The maximum Gasteiger partial charge on any atom is 0.268 e. The molecule has 0 saturated carbocycles. The second-order valence-electron chi connectivity index (χ2n) is 6.58. The second-order valence-corrected chi connectivity index (χ2v) is 7.50. The molecule has 0 spiro atoms. The van der Waals surface area contributed by atoms with Crippen LogP contribution in [-0.4, -0.2) is 34.8 Å². The van der Waals surface area contributed by atoms with Crippen LogP contribution in [0.3, 0.4) is 0 Å². The van der Waals surface area contributed by atoms with Gasteiger partial charge in [0.25, 0.3) is 11.5 Å². The number of pyridine rings is 1. The summed E-state index contributed by atoms with van der Waals surface area (Å²) in [6.45, 7) is 1.36. The second kappa shape index (κ2) is 7.54. The van der Waals surface area contributed by atoms with Crippen molar-refractivity contribution in [2.24, 2.45) is 0 Å². The summed E-state index contributed by atoms with van der Waals surface area (Å²) in [5.74, 6) is -0.815. The fraction of sp³-hybridized carbons (Fsp3) is 0.300. The van der Waals surface area contributed by atoms with Gasteiger partial charge in [-0.15, -0.1) is 11.3 Å². The number of nitrogens with one attached hydrogen (secondary N) is 1. The van der Waals surface area contributed by atoms with Gasteiger partial charge in [0.05, 0.1) is 22.9 Å². The molecule has 2 N–H and O–H groups in total. The van der Waals surface area contributed by atoms with Gasteiger partial charge in [0.1, 0.15) is 5.56 Å². The van der Waals surface area contributed by atoms with E-state index in [0.717, 1.165) is 18.4 Å². The molecule has 1 unspecified atom stereocenters. The minimum absolute atomic E-state index is 0.0342. The van der Waals surface area contributed by atoms with Gasteiger partial charge in [0.2, 0.25) is 0 Å². The zero-order valence-electron chi connectivity index (χ0n) is 14.7. The summed E-state index contributed by atoms with van der Waals surface area (Å²) in [7, 11) is 0. The van der Waals surface area contributed by atoms with Crippen LogP contribution in [0.15, 0.2) is 46.6 Å². The number of benzene rings is 1. The number of aromatic nitrogens is 1. The molecule has 0 radical (unpaired) electrons. The van der Waals surface area contributed by atoms with Crippen molar-refractivity contribution >= 4 is 27.5 Å². The highest BCUT2D eigenvalue weighted by atomic mass is 32.1. The zero-order chi connectivity index (χ0) is 18.8. The number of hydrogen-bond acceptors (Lipinski definition) is 5. The molecule has 140 valence electrons. The average Bonchev–Trinajstić information content (AvgIpc) is 3.36. The minimum atomic E-state index is -0.565. The van der Waals surface area contributed by atoms with Gasteiger partial charge in [-0.1, -0.05) is 30.3 Å². The van der Waals surface area contributed by atoms with Crippen molar-refractivity contribution in [2.75, 3.05) is 13.2 Å². The number of hydrogen-bond donors (Lipinski definition) is 2. The number of carbonyl (C=O) groups excluding carboxylic acids is 1. The van der Waals surface area contributed by atoms with Crippen LogP contribution in [0.2, 0.25) is 0 Å². The molecule has 1 aliphatic rings. The number of rotatable bonds is 5. The van der Waals surface area contributed by atoms with Crippen LogP contribution in [0, 0.1) is 0 Å². The third-order valence-corrected chi connectivity index (χ3v) is 5.68. The Bertz CT molecular complexity index is 1020. The van der Waals surface area contributed by atoms with Gasteiger partial charge in [-0.05, 0) is 29.9 Å². The maximum atomic E-state index is 13.1. The summed E-state index contributed by atoms with van der Waals surface area (Å²) in [5.41, 5.74) is 0.872. The lowest BCUT2D eigenvalue weighted by Crippen LogP contribution is -2.37. The van der Waals surface area contributed by atoms with Gasteiger partial charge in [0, 0.05) is 13.2 Å². The van der Waals surface area contributed by atoms with E-state index in [-0.39, 0.29) is 17.4 Å². The minimum Gasteiger partial charge on any atom is -0.505 e. The first-order valence-electron chi connectivity index (χ1n) is 8.92. The smallest absolute Gasteiger partial charge is 0.268 e. The molecule has 0 aliphatic carbocycles. The number of carbonyl (C=O) groups is 1. The highest BCUT2D eigenvalue weighted by Crippen LogP contribution is 2.31. The standard InChI is InChI=1S/C20H20N2O4S/c23-17-16(19(24)21-11-14-7-4-9-26-14)20(25)22(15-8-10-27-18(15)17)12-13-5-2-1-3-6-13/h1-3,5-6,8,10,14,23H,4,7,9,11-12H2,(H,21,24). The molecule has 1 fully saturated rings. The number of amides is 1. The number of thiophene rings is 1. The molecular formula is C20H20N2O4S. The molecule has 3 heterocycles. The molecule has 1 aromatic carbocycles. The predicted molar refractivity (Wildman–Crippen MR) is 105 cm³/mol.